The Morgan fingerprint density at radius 3 is 2.37 bits per heavy atom. The summed E-state index contributed by atoms with van der Waals surface area (Å²) < 4.78 is 11.7. The Balaban J connectivity index is 1.75. The van der Waals surface area contributed by atoms with E-state index in [0.29, 0.717) is 39.2 Å². The number of nitrogens with one attached hydrogen (secondary N) is 1. The third-order valence-electron chi connectivity index (χ3n) is 4.74. The Hall–Kier alpha value is -1.13. The maximum absolute atomic E-state index is 6.51. The van der Waals surface area contributed by atoms with E-state index in [1.165, 1.54) is 25.7 Å². The molecule has 0 atom stereocenters. The Kier molecular flexibility index (Phi) is 7.54. The van der Waals surface area contributed by atoms with E-state index < -0.39 is 0 Å². The second kappa shape index (κ2) is 9.88. The van der Waals surface area contributed by atoms with Crippen LogP contribution in [-0.4, -0.2) is 12.6 Å². The first-order chi connectivity index (χ1) is 13.1. The van der Waals surface area contributed by atoms with E-state index in [1.54, 1.807) is 18.2 Å². The maximum Gasteiger partial charge on any atom is 0.180 e. The molecule has 0 unspecified atom stereocenters. The van der Waals surface area contributed by atoms with Gasteiger partial charge in [-0.25, -0.2) is 0 Å². The van der Waals surface area contributed by atoms with Crippen LogP contribution in [0.15, 0.2) is 30.3 Å². The molecule has 1 aliphatic carbocycles. The van der Waals surface area contributed by atoms with Crippen molar-refractivity contribution in [2.24, 2.45) is 0 Å². The first-order valence-electron chi connectivity index (χ1n) is 9.32. The molecular formula is C21H24Cl3NO2. The van der Waals surface area contributed by atoms with Crippen LogP contribution in [0.5, 0.6) is 11.5 Å². The van der Waals surface area contributed by atoms with Crippen molar-refractivity contribution in [2.75, 3.05) is 6.61 Å². The number of ether oxygens (including phenoxy) is 2. The van der Waals surface area contributed by atoms with Gasteiger partial charge in [0.25, 0.3) is 0 Å². The summed E-state index contributed by atoms with van der Waals surface area (Å²) >= 11 is 19.0. The maximum atomic E-state index is 6.51. The van der Waals surface area contributed by atoms with Crippen molar-refractivity contribution < 1.29 is 9.47 Å². The van der Waals surface area contributed by atoms with Gasteiger partial charge in [0.05, 0.1) is 11.6 Å². The van der Waals surface area contributed by atoms with Crippen LogP contribution in [0.4, 0.5) is 0 Å². The topological polar surface area (TPSA) is 30.5 Å². The van der Waals surface area contributed by atoms with E-state index in [-0.39, 0.29) is 6.61 Å². The van der Waals surface area contributed by atoms with Gasteiger partial charge in [0.1, 0.15) is 6.61 Å². The smallest absolute Gasteiger partial charge is 0.180 e. The van der Waals surface area contributed by atoms with Gasteiger partial charge in [0.2, 0.25) is 0 Å². The zero-order chi connectivity index (χ0) is 19.2. The third kappa shape index (κ3) is 5.45. The van der Waals surface area contributed by atoms with Gasteiger partial charge in [0, 0.05) is 28.2 Å². The molecule has 3 nitrogen and oxygen atoms in total. The molecule has 0 saturated heterocycles. The zero-order valence-electron chi connectivity index (χ0n) is 15.4. The van der Waals surface area contributed by atoms with Crippen LogP contribution >= 0.6 is 34.8 Å². The summed E-state index contributed by atoms with van der Waals surface area (Å²) in [5.74, 6) is 1.15. The van der Waals surface area contributed by atoms with Gasteiger partial charge < -0.3 is 14.8 Å². The van der Waals surface area contributed by atoms with E-state index in [4.69, 9.17) is 44.3 Å². The molecule has 2 aromatic carbocycles. The van der Waals surface area contributed by atoms with Crippen molar-refractivity contribution in [2.45, 2.75) is 51.8 Å². The van der Waals surface area contributed by atoms with E-state index in [0.717, 1.165) is 17.7 Å². The summed E-state index contributed by atoms with van der Waals surface area (Å²) in [5.41, 5.74) is 1.81. The summed E-state index contributed by atoms with van der Waals surface area (Å²) in [5, 5.41) is 5.25. The monoisotopic (exact) mass is 427 g/mol. The fraction of sp³-hybridized carbons (Fsp3) is 0.429. The van der Waals surface area contributed by atoms with Crippen molar-refractivity contribution in [3.63, 3.8) is 0 Å². The number of halogens is 3. The summed E-state index contributed by atoms with van der Waals surface area (Å²) in [4.78, 5) is 0. The van der Waals surface area contributed by atoms with E-state index in [2.05, 4.69) is 5.32 Å². The molecule has 1 fully saturated rings. The molecule has 3 rings (SSSR count). The molecule has 0 aromatic heterocycles. The second-order valence-corrected chi connectivity index (χ2v) is 7.91. The summed E-state index contributed by atoms with van der Waals surface area (Å²) in [7, 11) is 0. The lowest BCUT2D eigenvalue weighted by molar-refractivity contribution is 0.269. The molecule has 0 spiro atoms. The van der Waals surface area contributed by atoms with Gasteiger partial charge in [-0.2, -0.15) is 0 Å². The van der Waals surface area contributed by atoms with Crippen molar-refractivity contribution in [3.8, 4) is 11.5 Å². The SMILES string of the molecule is CCOc1cc(CNC2CCCC2)cc(Cl)c1OCc1c(Cl)cccc1Cl. The predicted molar refractivity (Wildman–Crippen MR) is 113 cm³/mol. The highest BCUT2D eigenvalue weighted by Gasteiger charge is 2.17. The largest absolute Gasteiger partial charge is 0.490 e. The molecule has 1 N–H and O–H groups in total. The van der Waals surface area contributed by atoms with Crippen LogP contribution in [0, 0.1) is 0 Å². The minimum atomic E-state index is 0.220. The Labute approximate surface area is 175 Å². The highest BCUT2D eigenvalue weighted by atomic mass is 35.5. The molecule has 1 saturated carbocycles. The Bertz CT molecular complexity index is 756. The normalized spacial score (nSPS) is 14.5. The average Bonchev–Trinajstić information content (AvgIpc) is 3.15. The lowest BCUT2D eigenvalue weighted by Gasteiger charge is -2.17. The van der Waals surface area contributed by atoms with Crippen molar-refractivity contribution in [1.29, 1.82) is 0 Å². The van der Waals surface area contributed by atoms with Crippen LogP contribution in [-0.2, 0) is 13.2 Å². The highest BCUT2D eigenvalue weighted by molar-refractivity contribution is 6.36. The standard InChI is InChI=1S/C21H24Cl3NO2/c1-2-26-20-11-14(12-25-15-6-3-4-7-15)10-19(24)21(20)27-13-16-17(22)8-5-9-18(16)23/h5,8-11,15,25H,2-4,6-7,12-13H2,1H3. The number of hydrogen-bond acceptors (Lipinski definition) is 3. The minimum absolute atomic E-state index is 0.220. The molecule has 0 radical (unpaired) electrons. The third-order valence-corrected chi connectivity index (χ3v) is 5.73. The molecule has 6 heteroatoms. The van der Waals surface area contributed by atoms with Crippen LogP contribution in [0.2, 0.25) is 15.1 Å². The highest BCUT2D eigenvalue weighted by Crippen LogP contribution is 2.38. The van der Waals surface area contributed by atoms with Gasteiger partial charge in [-0.15, -0.1) is 0 Å². The number of benzene rings is 2. The summed E-state index contributed by atoms with van der Waals surface area (Å²) in [6, 6.07) is 9.89. The van der Waals surface area contributed by atoms with Crippen molar-refractivity contribution in [3.05, 3.63) is 56.5 Å². The zero-order valence-corrected chi connectivity index (χ0v) is 17.6. The molecule has 0 heterocycles. The second-order valence-electron chi connectivity index (χ2n) is 6.69. The molecule has 0 amide bonds. The molecule has 0 bridgehead atoms. The Morgan fingerprint density at radius 2 is 1.70 bits per heavy atom. The predicted octanol–water partition coefficient (Wildman–Crippen LogP) is 6.66. The van der Waals surface area contributed by atoms with Crippen molar-refractivity contribution >= 4 is 34.8 Å². The first-order valence-corrected chi connectivity index (χ1v) is 10.5. The van der Waals surface area contributed by atoms with Gasteiger partial charge in [-0.1, -0.05) is 53.7 Å². The minimum Gasteiger partial charge on any atom is -0.490 e. The Morgan fingerprint density at radius 1 is 1.00 bits per heavy atom. The van der Waals surface area contributed by atoms with Crippen LogP contribution in [0.1, 0.15) is 43.7 Å². The van der Waals surface area contributed by atoms with Gasteiger partial charge >= 0.3 is 0 Å². The van der Waals surface area contributed by atoms with Gasteiger partial charge in [-0.05, 0) is 49.6 Å². The molecule has 27 heavy (non-hydrogen) atoms. The number of hydrogen-bond donors (Lipinski definition) is 1. The fourth-order valence-corrected chi connectivity index (χ4v) is 4.13. The van der Waals surface area contributed by atoms with E-state index in [9.17, 15) is 0 Å². The first kappa shape index (κ1) is 20.6. The molecular weight excluding hydrogens is 405 g/mol. The summed E-state index contributed by atoms with van der Waals surface area (Å²) in [6.45, 7) is 3.45. The molecule has 1 aliphatic rings. The quantitative estimate of drug-likeness (QED) is 0.510. The van der Waals surface area contributed by atoms with Crippen molar-refractivity contribution in [1.82, 2.24) is 5.32 Å². The van der Waals surface area contributed by atoms with E-state index in [1.807, 2.05) is 19.1 Å². The molecule has 0 aliphatic heterocycles. The van der Waals surface area contributed by atoms with Crippen LogP contribution < -0.4 is 14.8 Å². The van der Waals surface area contributed by atoms with Gasteiger partial charge in [-0.3, -0.25) is 0 Å². The lowest BCUT2D eigenvalue weighted by atomic mass is 10.1. The lowest BCUT2D eigenvalue weighted by Crippen LogP contribution is -2.25. The number of rotatable bonds is 8. The molecule has 146 valence electrons. The fourth-order valence-electron chi connectivity index (χ4n) is 3.33. The molecule has 2 aromatic rings. The van der Waals surface area contributed by atoms with Gasteiger partial charge in [0.15, 0.2) is 11.5 Å². The average molecular weight is 429 g/mol. The summed E-state index contributed by atoms with van der Waals surface area (Å²) in [6.07, 6.45) is 5.09. The van der Waals surface area contributed by atoms with Crippen LogP contribution in [0.3, 0.4) is 0 Å². The van der Waals surface area contributed by atoms with E-state index >= 15 is 0 Å². The van der Waals surface area contributed by atoms with Crippen LogP contribution in [0.25, 0.3) is 0 Å².